The molecule has 0 aromatic heterocycles. The molecule has 1 atom stereocenters. The second-order valence-electron chi connectivity index (χ2n) is 6.96. The van der Waals surface area contributed by atoms with Gasteiger partial charge in [0.05, 0.1) is 5.75 Å². The summed E-state index contributed by atoms with van der Waals surface area (Å²) in [5.41, 5.74) is 0.795. The highest BCUT2D eigenvalue weighted by molar-refractivity contribution is 7.88. The van der Waals surface area contributed by atoms with Gasteiger partial charge in [-0.25, -0.2) is 12.7 Å². The van der Waals surface area contributed by atoms with Gasteiger partial charge in [0.25, 0.3) is 0 Å². The van der Waals surface area contributed by atoms with Crippen LogP contribution in [0.5, 0.6) is 0 Å². The van der Waals surface area contributed by atoms with Crippen LogP contribution >= 0.6 is 0 Å². The second kappa shape index (κ2) is 8.12. The molecule has 1 saturated heterocycles. The predicted molar refractivity (Wildman–Crippen MR) is 95.8 cm³/mol. The smallest absolute Gasteiger partial charge is 0.223 e. The summed E-state index contributed by atoms with van der Waals surface area (Å²) in [4.78, 5) is 12.3. The summed E-state index contributed by atoms with van der Waals surface area (Å²) < 4.78 is 26.6. The van der Waals surface area contributed by atoms with Gasteiger partial charge in [-0.2, -0.15) is 0 Å². The number of benzene rings is 1. The van der Waals surface area contributed by atoms with Crippen molar-refractivity contribution in [1.82, 2.24) is 9.62 Å². The van der Waals surface area contributed by atoms with E-state index >= 15 is 0 Å². The molecule has 5 nitrogen and oxygen atoms in total. The van der Waals surface area contributed by atoms with E-state index in [0.717, 1.165) is 5.56 Å². The fourth-order valence-corrected chi connectivity index (χ4v) is 4.34. The fraction of sp³-hybridized carbons (Fsp3) is 0.611. The summed E-state index contributed by atoms with van der Waals surface area (Å²) in [6.07, 6.45) is 1.18. The summed E-state index contributed by atoms with van der Waals surface area (Å²) in [6.45, 7) is 6.99. The molecule has 1 aliphatic rings. The Kier molecular flexibility index (Phi) is 6.40. The summed E-state index contributed by atoms with van der Waals surface area (Å²) in [6, 6.07) is 9.35. The molecule has 0 saturated carbocycles. The van der Waals surface area contributed by atoms with Crippen LogP contribution in [0.25, 0.3) is 0 Å². The number of nitrogens with one attached hydrogen (secondary N) is 1. The quantitative estimate of drug-likeness (QED) is 0.855. The van der Waals surface area contributed by atoms with Gasteiger partial charge >= 0.3 is 0 Å². The Hall–Kier alpha value is -1.40. The van der Waals surface area contributed by atoms with Gasteiger partial charge in [0.1, 0.15) is 0 Å². The Labute approximate surface area is 145 Å². The van der Waals surface area contributed by atoms with Crippen LogP contribution in [0.4, 0.5) is 0 Å². The molecule has 0 bridgehead atoms. The molecule has 1 aliphatic heterocycles. The van der Waals surface area contributed by atoms with Crippen LogP contribution < -0.4 is 5.32 Å². The third kappa shape index (κ3) is 5.05. The van der Waals surface area contributed by atoms with Crippen molar-refractivity contribution in [3.8, 4) is 0 Å². The van der Waals surface area contributed by atoms with E-state index in [1.54, 1.807) is 0 Å². The minimum absolute atomic E-state index is 0.0229. The molecule has 0 radical (unpaired) electrons. The third-order valence-electron chi connectivity index (χ3n) is 4.78. The summed E-state index contributed by atoms with van der Waals surface area (Å²) in [5, 5.41) is 3.04. The standard InChI is InChI=1S/C18H28N2O3S/c1-14(2)15(3)19-18(21)17-9-11-20(12-10-17)24(22,23)13-16-7-5-4-6-8-16/h4-8,14-15,17H,9-13H2,1-3H3,(H,19,21). The lowest BCUT2D eigenvalue weighted by Crippen LogP contribution is -2.46. The first-order chi connectivity index (χ1) is 11.3. The van der Waals surface area contributed by atoms with Crippen LogP contribution in [-0.4, -0.2) is 37.8 Å². The van der Waals surface area contributed by atoms with Crippen molar-refractivity contribution in [3.05, 3.63) is 35.9 Å². The van der Waals surface area contributed by atoms with E-state index in [4.69, 9.17) is 0 Å². The van der Waals surface area contributed by atoms with Crippen LogP contribution in [-0.2, 0) is 20.6 Å². The van der Waals surface area contributed by atoms with Crippen molar-refractivity contribution in [2.75, 3.05) is 13.1 Å². The molecule has 1 heterocycles. The normalized spacial score (nSPS) is 18.5. The number of piperidine rings is 1. The molecule has 0 spiro atoms. The molecule has 6 heteroatoms. The first-order valence-electron chi connectivity index (χ1n) is 8.61. The summed E-state index contributed by atoms with van der Waals surface area (Å²) in [7, 11) is -3.32. The molecule has 0 aliphatic carbocycles. The number of carbonyl (C=O) groups excluding carboxylic acids is 1. The number of hydrogen-bond donors (Lipinski definition) is 1. The topological polar surface area (TPSA) is 66.5 Å². The third-order valence-corrected chi connectivity index (χ3v) is 6.63. The zero-order chi connectivity index (χ0) is 17.7. The van der Waals surface area contributed by atoms with Gasteiger partial charge in [0.2, 0.25) is 15.9 Å². The average Bonchev–Trinajstić information content (AvgIpc) is 2.55. The van der Waals surface area contributed by atoms with E-state index in [-0.39, 0.29) is 23.6 Å². The Morgan fingerprint density at radius 3 is 2.29 bits per heavy atom. The van der Waals surface area contributed by atoms with Crippen molar-refractivity contribution in [3.63, 3.8) is 0 Å². The number of sulfonamides is 1. The molecule has 1 fully saturated rings. The zero-order valence-electron chi connectivity index (χ0n) is 14.7. The van der Waals surface area contributed by atoms with Crippen molar-refractivity contribution in [1.29, 1.82) is 0 Å². The lowest BCUT2D eigenvalue weighted by atomic mass is 9.96. The predicted octanol–water partition coefficient (Wildman–Crippen LogP) is 2.39. The minimum atomic E-state index is -3.32. The van der Waals surface area contributed by atoms with Crippen LogP contribution in [0.3, 0.4) is 0 Å². The molecule has 1 amide bonds. The van der Waals surface area contributed by atoms with Crippen LogP contribution in [0.2, 0.25) is 0 Å². The summed E-state index contributed by atoms with van der Waals surface area (Å²) >= 11 is 0. The average molecular weight is 353 g/mol. The van der Waals surface area contributed by atoms with E-state index in [2.05, 4.69) is 19.2 Å². The summed E-state index contributed by atoms with van der Waals surface area (Å²) in [5.74, 6) is 0.376. The largest absolute Gasteiger partial charge is 0.353 e. The number of amides is 1. The van der Waals surface area contributed by atoms with Crippen molar-refractivity contribution < 1.29 is 13.2 Å². The van der Waals surface area contributed by atoms with Crippen LogP contribution in [0.15, 0.2) is 30.3 Å². The number of carbonyl (C=O) groups is 1. The van der Waals surface area contributed by atoms with Crippen molar-refractivity contribution in [2.24, 2.45) is 11.8 Å². The van der Waals surface area contributed by atoms with Crippen LogP contribution in [0.1, 0.15) is 39.2 Å². The van der Waals surface area contributed by atoms with E-state index in [9.17, 15) is 13.2 Å². The van der Waals surface area contributed by atoms with Gasteiger partial charge < -0.3 is 5.32 Å². The maximum absolute atomic E-state index is 12.5. The van der Waals surface area contributed by atoms with Gasteiger partial charge in [-0.3, -0.25) is 4.79 Å². The van der Waals surface area contributed by atoms with Gasteiger partial charge in [-0.15, -0.1) is 0 Å². The van der Waals surface area contributed by atoms with E-state index in [0.29, 0.717) is 31.8 Å². The minimum Gasteiger partial charge on any atom is -0.353 e. The molecule has 24 heavy (non-hydrogen) atoms. The SMILES string of the molecule is CC(C)C(C)NC(=O)C1CCN(S(=O)(=O)Cc2ccccc2)CC1. The lowest BCUT2D eigenvalue weighted by molar-refractivity contribution is -0.127. The second-order valence-corrected chi connectivity index (χ2v) is 8.93. The molecule has 1 aromatic rings. The molecule has 2 rings (SSSR count). The maximum atomic E-state index is 12.5. The highest BCUT2D eigenvalue weighted by Crippen LogP contribution is 2.22. The van der Waals surface area contributed by atoms with Gasteiger partial charge in [-0.1, -0.05) is 44.2 Å². The monoisotopic (exact) mass is 352 g/mol. The number of nitrogens with zero attached hydrogens (tertiary/aromatic N) is 1. The van der Waals surface area contributed by atoms with Crippen molar-refractivity contribution in [2.45, 2.75) is 45.4 Å². The number of hydrogen-bond acceptors (Lipinski definition) is 3. The van der Waals surface area contributed by atoms with Gasteiger partial charge in [0, 0.05) is 25.0 Å². The van der Waals surface area contributed by atoms with E-state index < -0.39 is 10.0 Å². The number of rotatable bonds is 6. The van der Waals surface area contributed by atoms with Crippen molar-refractivity contribution >= 4 is 15.9 Å². The molecular formula is C18H28N2O3S. The van der Waals surface area contributed by atoms with E-state index in [1.165, 1.54) is 4.31 Å². The fourth-order valence-electron chi connectivity index (χ4n) is 2.78. The Morgan fingerprint density at radius 1 is 1.17 bits per heavy atom. The Morgan fingerprint density at radius 2 is 1.75 bits per heavy atom. The molecule has 134 valence electrons. The molecule has 1 N–H and O–H groups in total. The molecular weight excluding hydrogens is 324 g/mol. The molecule has 1 aromatic carbocycles. The van der Waals surface area contributed by atoms with E-state index in [1.807, 2.05) is 37.3 Å². The first-order valence-corrected chi connectivity index (χ1v) is 10.2. The molecule has 1 unspecified atom stereocenters. The Bertz CT molecular complexity index is 635. The van der Waals surface area contributed by atoms with Crippen LogP contribution in [0, 0.1) is 11.8 Å². The maximum Gasteiger partial charge on any atom is 0.223 e. The zero-order valence-corrected chi connectivity index (χ0v) is 15.6. The highest BCUT2D eigenvalue weighted by atomic mass is 32.2. The first kappa shape index (κ1) is 18.9. The lowest BCUT2D eigenvalue weighted by Gasteiger charge is -2.31. The highest BCUT2D eigenvalue weighted by Gasteiger charge is 2.31. The van der Waals surface area contributed by atoms with Gasteiger partial charge in [0.15, 0.2) is 0 Å². The van der Waals surface area contributed by atoms with Gasteiger partial charge in [-0.05, 0) is 31.2 Å². The Balaban J connectivity index is 1.89.